The van der Waals surface area contributed by atoms with E-state index in [0.717, 1.165) is 18.8 Å². The number of hydrogen-bond acceptors (Lipinski definition) is 5. The van der Waals surface area contributed by atoms with Crippen molar-refractivity contribution < 1.29 is 19.1 Å². The molecule has 1 aliphatic heterocycles. The summed E-state index contributed by atoms with van der Waals surface area (Å²) < 4.78 is 4.90. The van der Waals surface area contributed by atoms with E-state index in [9.17, 15) is 14.4 Å². The van der Waals surface area contributed by atoms with Gasteiger partial charge in [-0.1, -0.05) is 23.2 Å². The van der Waals surface area contributed by atoms with Crippen LogP contribution in [0, 0.1) is 0 Å². The molecule has 1 saturated heterocycles. The Morgan fingerprint density at radius 1 is 0.935 bits per heavy atom. The zero-order valence-electron chi connectivity index (χ0n) is 16.8. The maximum atomic E-state index is 12.0. The number of nitrogens with one attached hydrogen (secondary N) is 2. The highest BCUT2D eigenvalue weighted by Gasteiger charge is 2.13. The van der Waals surface area contributed by atoms with E-state index in [1.165, 1.54) is 37.5 Å². The molecular weight excluding hydrogens is 441 g/mol. The van der Waals surface area contributed by atoms with Crippen LogP contribution in [0.15, 0.2) is 42.5 Å². The summed E-state index contributed by atoms with van der Waals surface area (Å²) in [6.45, 7) is 1.26. The minimum absolute atomic E-state index is 0.234. The number of carbonyl (C=O) groups is 3. The highest BCUT2D eigenvalue weighted by atomic mass is 35.5. The number of amides is 2. The minimum Gasteiger partial charge on any atom is -0.454 e. The predicted octanol–water partition coefficient (Wildman–Crippen LogP) is 3.90. The third-order valence-corrected chi connectivity index (χ3v) is 5.55. The van der Waals surface area contributed by atoms with Gasteiger partial charge in [-0.25, -0.2) is 0 Å². The normalized spacial score (nSPS) is 13.4. The van der Waals surface area contributed by atoms with Crippen molar-refractivity contribution in [2.75, 3.05) is 36.5 Å². The van der Waals surface area contributed by atoms with Crippen LogP contribution < -0.4 is 15.5 Å². The van der Waals surface area contributed by atoms with Crippen molar-refractivity contribution in [2.45, 2.75) is 19.3 Å². The molecule has 0 aliphatic carbocycles. The molecule has 3 rings (SSSR count). The summed E-state index contributed by atoms with van der Waals surface area (Å²) in [5, 5.41) is 5.64. The van der Waals surface area contributed by atoms with Crippen molar-refractivity contribution in [1.82, 2.24) is 5.32 Å². The molecule has 2 N–H and O–H groups in total. The van der Waals surface area contributed by atoms with E-state index in [0.29, 0.717) is 10.7 Å². The molecule has 0 radical (unpaired) electrons. The predicted molar refractivity (Wildman–Crippen MR) is 121 cm³/mol. The first kappa shape index (κ1) is 22.9. The summed E-state index contributed by atoms with van der Waals surface area (Å²) in [6.07, 6.45) is 3.65. The highest BCUT2D eigenvalue weighted by molar-refractivity contribution is 6.42. The van der Waals surface area contributed by atoms with Crippen molar-refractivity contribution in [1.29, 1.82) is 0 Å². The summed E-state index contributed by atoms with van der Waals surface area (Å²) in [5.74, 6) is -1.70. The van der Waals surface area contributed by atoms with Gasteiger partial charge in [0.25, 0.3) is 11.8 Å². The van der Waals surface area contributed by atoms with E-state index < -0.39 is 24.4 Å². The van der Waals surface area contributed by atoms with E-state index in [-0.39, 0.29) is 17.1 Å². The van der Waals surface area contributed by atoms with E-state index in [4.69, 9.17) is 27.9 Å². The van der Waals surface area contributed by atoms with Crippen LogP contribution in [0.5, 0.6) is 0 Å². The van der Waals surface area contributed by atoms with Crippen LogP contribution in [-0.4, -0.2) is 44.0 Å². The van der Waals surface area contributed by atoms with Gasteiger partial charge < -0.3 is 20.3 Å². The number of esters is 1. The molecule has 1 aliphatic rings. The van der Waals surface area contributed by atoms with Gasteiger partial charge in [0.05, 0.1) is 10.0 Å². The lowest BCUT2D eigenvalue weighted by Gasteiger charge is -2.28. The number of anilines is 2. The van der Waals surface area contributed by atoms with Gasteiger partial charge in [-0.15, -0.1) is 0 Å². The van der Waals surface area contributed by atoms with Crippen LogP contribution in [0.1, 0.15) is 29.6 Å². The highest BCUT2D eigenvalue weighted by Crippen LogP contribution is 2.23. The zero-order chi connectivity index (χ0) is 22.2. The van der Waals surface area contributed by atoms with Gasteiger partial charge >= 0.3 is 5.97 Å². The molecule has 0 bridgehead atoms. The van der Waals surface area contributed by atoms with Gasteiger partial charge in [-0.2, -0.15) is 0 Å². The Bertz CT molecular complexity index is 944. The largest absolute Gasteiger partial charge is 0.454 e. The molecule has 31 heavy (non-hydrogen) atoms. The van der Waals surface area contributed by atoms with Crippen LogP contribution in [0.25, 0.3) is 0 Å². The first-order valence-corrected chi connectivity index (χ1v) is 10.7. The molecule has 0 spiro atoms. The van der Waals surface area contributed by atoms with Crippen LogP contribution in [0.4, 0.5) is 11.4 Å². The number of halogens is 2. The molecule has 0 unspecified atom stereocenters. The lowest BCUT2D eigenvalue weighted by Crippen LogP contribution is -2.32. The third-order valence-electron chi connectivity index (χ3n) is 4.81. The Morgan fingerprint density at radius 3 is 2.32 bits per heavy atom. The fourth-order valence-electron chi connectivity index (χ4n) is 3.19. The van der Waals surface area contributed by atoms with Crippen LogP contribution in [0.3, 0.4) is 0 Å². The molecule has 9 heteroatoms. The summed E-state index contributed by atoms with van der Waals surface area (Å²) in [7, 11) is 0. The Kier molecular flexibility index (Phi) is 8.14. The summed E-state index contributed by atoms with van der Waals surface area (Å²) in [5.41, 5.74) is 2.00. The summed E-state index contributed by atoms with van der Waals surface area (Å²) in [6, 6.07) is 11.9. The van der Waals surface area contributed by atoms with Crippen molar-refractivity contribution in [3.8, 4) is 0 Å². The van der Waals surface area contributed by atoms with E-state index in [1.807, 2.05) is 24.3 Å². The maximum absolute atomic E-state index is 12.0. The number of nitrogens with zero attached hydrogens (tertiary/aromatic N) is 1. The zero-order valence-corrected chi connectivity index (χ0v) is 18.3. The Labute approximate surface area is 190 Å². The molecule has 1 heterocycles. The molecule has 0 saturated carbocycles. The van der Waals surface area contributed by atoms with Crippen molar-refractivity contribution in [3.63, 3.8) is 0 Å². The SMILES string of the molecule is O=C(COC(=O)CNC(=O)c1ccc(Cl)c(Cl)c1)Nc1ccc(N2CCCCC2)cc1. The summed E-state index contributed by atoms with van der Waals surface area (Å²) in [4.78, 5) is 38.2. The third kappa shape index (κ3) is 6.87. The van der Waals surface area contributed by atoms with Gasteiger partial charge in [0.15, 0.2) is 6.61 Å². The lowest BCUT2D eigenvalue weighted by atomic mass is 10.1. The van der Waals surface area contributed by atoms with Crippen molar-refractivity contribution >= 4 is 52.4 Å². The smallest absolute Gasteiger partial charge is 0.325 e. The van der Waals surface area contributed by atoms with Crippen LogP contribution >= 0.6 is 23.2 Å². The average Bonchev–Trinajstić information content (AvgIpc) is 2.79. The topological polar surface area (TPSA) is 87.7 Å². The Balaban J connectivity index is 1.39. The summed E-state index contributed by atoms with van der Waals surface area (Å²) >= 11 is 11.7. The van der Waals surface area contributed by atoms with E-state index >= 15 is 0 Å². The molecule has 2 aromatic rings. The van der Waals surface area contributed by atoms with Crippen molar-refractivity contribution in [2.24, 2.45) is 0 Å². The maximum Gasteiger partial charge on any atom is 0.325 e. The molecule has 1 fully saturated rings. The second kappa shape index (κ2) is 11.0. The Morgan fingerprint density at radius 2 is 1.65 bits per heavy atom. The number of ether oxygens (including phenoxy) is 1. The number of rotatable bonds is 7. The minimum atomic E-state index is -0.732. The van der Waals surface area contributed by atoms with E-state index in [1.54, 1.807) is 0 Å². The first-order valence-electron chi connectivity index (χ1n) is 9.96. The molecule has 0 atom stereocenters. The second-order valence-corrected chi connectivity index (χ2v) is 7.93. The number of carbonyl (C=O) groups excluding carboxylic acids is 3. The number of hydrogen-bond donors (Lipinski definition) is 2. The van der Waals surface area contributed by atoms with Crippen molar-refractivity contribution in [3.05, 3.63) is 58.1 Å². The molecule has 164 valence electrons. The van der Waals surface area contributed by atoms with E-state index in [2.05, 4.69) is 15.5 Å². The molecule has 2 amide bonds. The van der Waals surface area contributed by atoms with Gasteiger partial charge in [-0.3, -0.25) is 14.4 Å². The van der Waals surface area contributed by atoms with Crippen LogP contribution in [0.2, 0.25) is 10.0 Å². The molecular formula is C22H23Cl2N3O4. The standard InChI is InChI=1S/C22H23Cl2N3O4/c23-18-9-4-15(12-19(18)24)22(30)25-13-21(29)31-14-20(28)26-16-5-7-17(8-6-16)27-10-2-1-3-11-27/h4-9,12H,1-3,10-11,13-14H2,(H,25,30)(H,26,28). The molecule has 7 nitrogen and oxygen atoms in total. The monoisotopic (exact) mass is 463 g/mol. The fraction of sp³-hybridized carbons (Fsp3) is 0.318. The first-order chi connectivity index (χ1) is 14.9. The average molecular weight is 464 g/mol. The lowest BCUT2D eigenvalue weighted by molar-refractivity contribution is -0.146. The fourth-order valence-corrected chi connectivity index (χ4v) is 3.49. The molecule has 0 aromatic heterocycles. The molecule has 2 aromatic carbocycles. The number of benzene rings is 2. The second-order valence-electron chi connectivity index (χ2n) is 7.12. The van der Waals surface area contributed by atoms with Gasteiger partial charge in [0, 0.05) is 30.0 Å². The van der Waals surface area contributed by atoms with Gasteiger partial charge in [0.2, 0.25) is 0 Å². The quantitative estimate of drug-likeness (QED) is 0.607. The number of piperidine rings is 1. The van der Waals surface area contributed by atoms with Gasteiger partial charge in [0.1, 0.15) is 6.54 Å². The van der Waals surface area contributed by atoms with Gasteiger partial charge in [-0.05, 0) is 61.7 Å². The Hall–Kier alpha value is -2.77. The van der Waals surface area contributed by atoms with Crippen LogP contribution in [-0.2, 0) is 14.3 Å².